The van der Waals surface area contributed by atoms with E-state index in [1.807, 2.05) is 13.0 Å². The predicted octanol–water partition coefficient (Wildman–Crippen LogP) is 5.34. The van der Waals surface area contributed by atoms with Crippen molar-refractivity contribution >= 4 is 39.1 Å². The van der Waals surface area contributed by atoms with Gasteiger partial charge in [-0.2, -0.15) is 0 Å². The molecule has 9 nitrogen and oxygen atoms in total. The van der Waals surface area contributed by atoms with E-state index in [1.165, 1.54) is 36.3 Å². The van der Waals surface area contributed by atoms with Crippen LogP contribution < -0.4 is 19.1 Å². The van der Waals surface area contributed by atoms with Crippen molar-refractivity contribution in [3.05, 3.63) is 82.9 Å². The van der Waals surface area contributed by atoms with Crippen LogP contribution in [0.3, 0.4) is 0 Å². The summed E-state index contributed by atoms with van der Waals surface area (Å²) in [4.78, 5) is 29.0. The van der Waals surface area contributed by atoms with E-state index in [0.29, 0.717) is 11.5 Å². The number of hydrogen-bond donors (Lipinski definition) is 1. The molecule has 3 aromatic carbocycles. The second kappa shape index (κ2) is 14.1. The molecule has 0 bridgehead atoms. The first-order valence-corrected chi connectivity index (χ1v) is 16.0. The van der Waals surface area contributed by atoms with E-state index >= 15 is 0 Å². The van der Waals surface area contributed by atoms with Crippen molar-refractivity contribution in [1.82, 2.24) is 10.2 Å². The molecule has 0 saturated heterocycles. The summed E-state index contributed by atoms with van der Waals surface area (Å²) in [5, 5.41) is 3.26. The van der Waals surface area contributed by atoms with Crippen LogP contribution in [-0.4, -0.2) is 58.0 Å². The van der Waals surface area contributed by atoms with Gasteiger partial charge in [0, 0.05) is 12.6 Å². The van der Waals surface area contributed by atoms with E-state index in [2.05, 4.69) is 5.32 Å². The minimum Gasteiger partial charge on any atom is -0.497 e. The summed E-state index contributed by atoms with van der Waals surface area (Å²) in [6.07, 6.45) is 3.87. The molecule has 2 amide bonds. The Labute approximate surface area is 258 Å². The van der Waals surface area contributed by atoms with Gasteiger partial charge in [-0.15, -0.1) is 0 Å². The van der Waals surface area contributed by atoms with E-state index < -0.39 is 28.5 Å². The molecule has 1 aliphatic rings. The Bertz CT molecular complexity index is 1540. The van der Waals surface area contributed by atoms with Crippen LogP contribution in [-0.2, 0) is 26.2 Å². The molecule has 1 fully saturated rings. The fourth-order valence-corrected chi connectivity index (χ4v) is 6.78. The third-order valence-electron chi connectivity index (χ3n) is 7.67. The Morgan fingerprint density at radius 3 is 2.33 bits per heavy atom. The molecular formula is C32H38ClN3O6S. The van der Waals surface area contributed by atoms with Gasteiger partial charge in [-0.05, 0) is 74.7 Å². The number of carbonyl (C=O) groups is 2. The first-order valence-electron chi connectivity index (χ1n) is 14.2. The van der Waals surface area contributed by atoms with Crippen LogP contribution in [0.2, 0.25) is 5.02 Å². The van der Waals surface area contributed by atoms with Crippen molar-refractivity contribution in [3.8, 4) is 11.5 Å². The molecular weight excluding hydrogens is 590 g/mol. The number of hydrogen-bond acceptors (Lipinski definition) is 6. The third-order valence-corrected chi connectivity index (χ3v) is 9.75. The van der Waals surface area contributed by atoms with Crippen LogP contribution in [0.25, 0.3) is 0 Å². The number of aryl methyl sites for hydroxylation is 1. The van der Waals surface area contributed by atoms with E-state index in [9.17, 15) is 18.0 Å². The van der Waals surface area contributed by atoms with Crippen LogP contribution in [0.15, 0.2) is 71.6 Å². The summed E-state index contributed by atoms with van der Waals surface area (Å²) < 4.78 is 39.7. The first kappa shape index (κ1) is 32.2. The number of rotatable bonds is 12. The number of methoxy groups -OCH3 is 2. The summed E-state index contributed by atoms with van der Waals surface area (Å²) in [5.41, 5.74) is 1.80. The number of nitrogens with one attached hydrogen (secondary N) is 1. The van der Waals surface area contributed by atoms with Gasteiger partial charge < -0.3 is 19.7 Å². The number of benzene rings is 3. The van der Waals surface area contributed by atoms with Crippen LogP contribution >= 0.6 is 11.6 Å². The molecule has 0 unspecified atom stereocenters. The standard InChI is InChI=1S/C32H38ClN3O6S/c1-22-12-15-28(16-13-22)43(39,40)36(26-14-17-30(42-4)29(33)19-26)21-31(37)35(20-24-8-7-11-27(18-24)41-3)23(2)32(38)34-25-9-5-6-10-25/h7-8,11-19,23,25H,5-6,9-10,20-21H2,1-4H3,(H,34,38)/t23-/m1/s1. The first-order chi connectivity index (χ1) is 20.5. The Hall–Kier alpha value is -3.76. The highest BCUT2D eigenvalue weighted by atomic mass is 35.5. The fraction of sp³-hybridized carbons (Fsp3) is 0.375. The number of halogens is 1. The van der Waals surface area contributed by atoms with Gasteiger partial charge in [0.25, 0.3) is 10.0 Å². The lowest BCUT2D eigenvalue weighted by Gasteiger charge is -2.32. The molecule has 1 saturated carbocycles. The lowest BCUT2D eigenvalue weighted by molar-refractivity contribution is -0.139. The maximum Gasteiger partial charge on any atom is 0.264 e. The van der Waals surface area contributed by atoms with Crippen molar-refractivity contribution in [2.45, 2.75) is 63.1 Å². The molecule has 0 spiro atoms. The van der Waals surface area contributed by atoms with E-state index in [4.69, 9.17) is 21.1 Å². The summed E-state index contributed by atoms with van der Waals surface area (Å²) >= 11 is 6.39. The minimum absolute atomic E-state index is 0.0178. The Balaban J connectivity index is 1.72. The quantitative estimate of drug-likeness (QED) is 0.291. The van der Waals surface area contributed by atoms with E-state index in [-0.39, 0.29) is 34.1 Å². The average molecular weight is 628 g/mol. The van der Waals surface area contributed by atoms with Gasteiger partial charge in [-0.25, -0.2) is 8.42 Å². The highest BCUT2D eigenvalue weighted by Gasteiger charge is 2.33. The van der Waals surface area contributed by atoms with Crippen LogP contribution in [0, 0.1) is 6.92 Å². The zero-order valence-corrected chi connectivity index (χ0v) is 26.5. The molecule has 1 aliphatic carbocycles. The molecule has 230 valence electrons. The molecule has 0 radical (unpaired) electrons. The maximum atomic E-state index is 14.2. The molecule has 0 aromatic heterocycles. The smallest absolute Gasteiger partial charge is 0.264 e. The van der Waals surface area contributed by atoms with Gasteiger partial charge in [-0.1, -0.05) is 54.3 Å². The van der Waals surface area contributed by atoms with Gasteiger partial charge >= 0.3 is 0 Å². The highest BCUT2D eigenvalue weighted by Crippen LogP contribution is 2.32. The van der Waals surface area contributed by atoms with E-state index in [1.54, 1.807) is 50.4 Å². The lowest BCUT2D eigenvalue weighted by atomic mass is 10.1. The van der Waals surface area contributed by atoms with Gasteiger partial charge in [-0.3, -0.25) is 13.9 Å². The average Bonchev–Trinajstić information content (AvgIpc) is 3.51. The largest absolute Gasteiger partial charge is 0.497 e. The monoisotopic (exact) mass is 627 g/mol. The van der Waals surface area contributed by atoms with Crippen LogP contribution in [0.1, 0.15) is 43.7 Å². The van der Waals surface area contributed by atoms with Crippen molar-refractivity contribution in [3.63, 3.8) is 0 Å². The van der Waals surface area contributed by atoms with Gasteiger partial charge in [0.15, 0.2) is 0 Å². The molecule has 1 N–H and O–H groups in total. The predicted molar refractivity (Wildman–Crippen MR) is 167 cm³/mol. The van der Waals surface area contributed by atoms with Crippen molar-refractivity contribution in [2.75, 3.05) is 25.1 Å². The third kappa shape index (κ3) is 7.80. The van der Waals surface area contributed by atoms with Crippen LogP contribution in [0.4, 0.5) is 5.69 Å². The molecule has 43 heavy (non-hydrogen) atoms. The maximum absolute atomic E-state index is 14.2. The van der Waals surface area contributed by atoms with Gasteiger partial charge in [0.1, 0.15) is 24.1 Å². The lowest BCUT2D eigenvalue weighted by Crippen LogP contribution is -2.52. The summed E-state index contributed by atoms with van der Waals surface area (Å²) in [6, 6.07) is 17.3. The minimum atomic E-state index is -4.22. The fourth-order valence-electron chi connectivity index (χ4n) is 5.12. The topological polar surface area (TPSA) is 105 Å². The molecule has 11 heteroatoms. The molecule has 0 aliphatic heterocycles. The Morgan fingerprint density at radius 2 is 1.70 bits per heavy atom. The number of carbonyl (C=O) groups excluding carboxylic acids is 2. The zero-order valence-electron chi connectivity index (χ0n) is 24.9. The second-order valence-corrected chi connectivity index (χ2v) is 13.0. The SMILES string of the molecule is COc1cccc(CN(C(=O)CN(c2ccc(OC)c(Cl)c2)S(=O)(=O)c2ccc(C)cc2)[C@H](C)C(=O)NC2CCCC2)c1. The molecule has 3 aromatic rings. The Kier molecular flexibility index (Phi) is 10.6. The number of sulfonamides is 1. The van der Waals surface area contributed by atoms with Gasteiger partial charge in [0.05, 0.1) is 29.8 Å². The summed E-state index contributed by atoms with van der Waals surface area (Å²) in [7, 11) is -1.21. The normalized spacial score (nSPS) is 14.2. The van der Waals surface area contributed by atoms with Crippen molar-refractivity contribution < 1.29 is 27.5 Å². The number of ether oxygens (including phenoxy) is 2. The highest BCUT2D eigenvalue weighted by molar-refractivity contribution is 7.92. The molecule has 1 atom stereocenters. The summed E-state index contributed by atoms with van der Waals surface area (Å²) in [6.45, 7) is 3.02. The number of amides is 2. The second-order valence-electron chi connectivity index (χ2n) is 10.7. The Morgan fingerprint density at radius 1 is 1.00 bits per heavy atom. The molecule has 0 heterocycles. The summed E-state index contributed by atoms with van der Waals surface area (Å²) in [5.74, 6) is 0.119. The molecule has 4 rings (SSSR count). The van der Waals surface area contributed by atoms with E-state index in [0.717, 1.165) is 41.1 Å². The van der Waals surface area contributed by atoms with Crippen molar-refractivity contribution in [2.24, 2.45) is 0 Å². The van der Waals surface area contributed by atoms with Crippen molar-refractivity contribution in [1.29, 1.82) is 0 Å². The van der Waals surface area contributed by atoms with Crippen LogP contribution in [0.5, 0.6) is 11.5 Å². The zero-order chi connectivity index (χ0) is 31.1. The number of nitrogens with zero attached hydrogens (tertiary/aromatic N) is 2. The number of anilines is 1. The van der Waals surface area contributed by atoms with Gasteiger partial charge in [0.2, 0.25) is 11.8 Å².